The first-order chi connectivity index (χ1) is 8.58. The van der Waals surface area contributed by atoms with E-state index >= 15 is 0 Å². The molecular weight excluding hydrogens is 288 g/mol. The molecule has 0 aliphatic rings. The van der Waals surface area contributed by atoms with Gasteiger partial charge < -0.3 is 25.7 Å². The molecule has 13 heteroatoms. The maximum Gasteiger partial charge on any atom is 0.570 e. The molecule has 11 nitrogen and oxygen atoms in total. The maximum atomic E-state index is 5.71. The van der Waals surface area contributed by atoms with Gasteiger partial charge in [0.15, 0.2) is 0 Å². The van der Waals surface area contributed by atoms with Crippen molar-refractivity contribution in [1.82, 2.24) is 0 Å². The van der Waals surface area contributed by atoms with E-state index in [-0.39, 0.29) is 17.1 Å². The van der Waals surface area contributed by atoms with Gasteiger partial charge in [0.1, 0.15) is 5.75 Å². The van der Waals surface area contributed by atoms with Crippen LogP contribution in [0.4, 0.5) is 17.1 Å². The van der Waals surface area contributed by atoms with Crippen molar-refractivity contribution in [2.45, 2.75) is 0 Å². The molecule has 108 valence electrons. The van der Waals surface area contributed by atoms with Gasteiger partial charge in [-0.05, 0) is 12.1 Å². The van der Waals surface area contributed by atoms with E-state index in [0.29, 0.717) is 5.69 Å². The lowest BCUT2D eigenvalue weighted by Gasteiger charge is -2.28. The van der Waals surface area contributed by atoms with Crippen LogP contribution < -0.4 is 49.1 Å². The largest absolute Gasteiger partial charge is 0.570 e. The average molecular weight is 306 g/mol. The Balaban J connectivity index is 2.93. The minimum Gasteiger partial charge on any atom is -0.497 e. The van der Waals surface area contributed by atoms with Crippen molar-refractivity contribution in [2.24, 2.45) is 27.5 Å². The van der Waals surface area contributed by atoms with Crippen molar-refractivity contribution >= 4 is 34.8 Å². The van der Waals surface area contributed by atoms with Gasteiger partial charge in [-0.25, -0.2) is 5.90 Å². The molecule has 0 spiro atoms. The first-order valence-corrected chi connectivity index (χ1v) is 8.88. The molecule has 19 heavy (non-hydrogen) atoms. The fourth-order valence-corrected chi connectivity index (χ4v) is 4.06. The lowest BCUT2D eigenvalue weighted by molar-refractivity contribution is 0.222. The molecular formula is C6H18N8O3Si2. The molecule has 0 aromatic heterocycles. The molecule has 0 amide bonds. The fourth-order valence-electron chi connectivity index (χ4n) is 1.19. The number of benzene rings is 1. The van der Waals surface area contributed by atoms with Gasteiger partial charge >= 0.3 is 17.8 Å². The monoisotopic (exact) mass is 306 g/mol. The summed E-state index contributed by atoms with van der Waals surface area (Å²) in [6.45, 7) is 0. The molecule has 0 saturated heterocycles. The van der Waals surface area contributed by atoms with Crippen molar-refractivity contribution < 1.29 is 13.1 Å². The number of anilines is 3. The lowest BCUT2D eigenvalue weighted by atomic mass is 10.2. The number of hydrogen-bond acceptors (Lipinski definition) is 11. The number of hydrogen-bond donors (Lipinski definition) is 8. The van der Waals surface area contributed by atoms with Gasteiger partial charge in [0.05, 0.1) is 17.1 Å². The molecule has 16 N–H and O–H groups in total. The maximum absolute atomic E-state index is 5.71. The van der Waals surface area contributed by atoms with Crippen LogP contribution in [-0.4, -0.2) is 17.8 Å². The van der Waals surface area contributed by atoms with Crippen LogP contribution in [0.3, 0.4) is 0 Å². The molecule has 0 aliphatic carbocycles. The Morgan fingerprint density at radius 1 is 0.842 bits per heavy atom. The third-order valence-electron chi connectivity index (χ3n) is 2.05. The lowest BCUT2D eigenvalue weighted by Crippen LogP contribution is -2.76. The van der Waals surface area contributed by atoms with Crippen LogP contribution in [0.5, 0.6) is 5.75 Å². The van der Waals surface area contributed by atoms with Crippen molar-refractivity contribution in [2.75, 3.05) is 17.2 Å². The van der Waals surface area contributed by atoms with E-state index in [0.717, 1.165) is 0 Å². The van der Waals surface area contributed by atoms with Gasteiger partial charge in [0.2, 0.25) is 0 Å². The molecule has 1 aromatic rings. The summed E-state index contributed by atoms with van der Waals surface area (Å²) in [4.78, 5) is 0. The highest BCUT2D eigenvalue weighted by Gasteiger charge is 2.44. The first-order valence-electron chi connectivity index (χ1n) is 4.94. The van der Waals surface area contributed by atoms with E-state index < -0.39 is 17.8 Å². The minimum atomic E-state index is -3.74. The third kappa shape index (κ3) is 4.02. The zero-order chi connectivity index (χ0) is 14.8. The van der Waals surface area contributed by atoms with Crippen LogP contribution in [0.2, 0.25) is 0 Å². The standard InChI is InChI=1S/C6H18N8O3Si2/c7-3-1-2-4(6(9)5(3)8)15-18(11,12)17-19(13,14)16-10/h1-2H,7-14H2. The summed E-state index contributed by atoms with van der Waals surface area (Å²) in [7, 11) is -7.38. The van der Waals surface area contributed by atoms with Crippen LogP contribution in [0.15, 0.2) is 12.1 Å². The number of nitrogens with two attached hydrogens (primary N) is 8. The van der Waals surface area contributed by atoms with E-state index in [2.05, 4.69) is 4.53 Å². The normalized spacial score (nSPS) is 12.5. The number of rotatable bonds is 5. The number of nitrogen functional groups attached to an aromatic ring is 3. The summed E-state index contributed by atoms with van der Waals surface area (Å²) in [5.41, 5.74) is 17.4. The Kier molecular flexibility index (Phi) is 4.35. The molecule has 0 unspecified atom stereocenters. The fraction of sp³-hybridized carbons (Fsp3) is 0. The summed E-state index contributed by atoms with van der Waals surface area (Å²) in [6, 6.07) is 2.91. The van der Waals surface area contributed by atoms with E-state index in [1.165, 1.54) is 12.1 Å². The van der Waals surface area contributed by atoms with Crippen LogP contribution >= 0.6 is 0 Å². The molecule has 0 fully saturated rings. The second-order valence-corrected chi connectivity index (χ2v) is 7.89. The second-order valence-electron chi connectivity index (χ2n) is 3.75. The Morgan fingerprint density at radius 2 is 1.42 bits per heavy atom. The zero-order valence-electron chi connectivity index (χ0n) is 10.00. The molecule has 1 aromatic carbocycles. The van der Waals surface area contributed by atoms with Crippen molar-refractivity contribution in [1.29, 1.82) is 0 Å². The Bertz CT molecular complexity index is 470. The van der Waals surface area contributed by atoms with E-state index in [1.807, 2.05) is 0 Å². The third-order valence-corrected chi connectivity index (χ3v) is 5.51. The van der Waals surface area contributed by atoms with Gasteiger partial charge in [0, 0.05) is 0 Å². The minimum absolute atomic E-state index is 0.0753. The average Bonchev–Trinajstić information content (AvgIpc) is 2.29. The SMILES string of the molecule is NO[Si](N)(N)O[Si](N)(N)Oc1ccc(N)c(N)c1N. The molecule has 0 heterocycles. The predicted molar refractivity (Wildman–Crippen MR) is 74.9 cm³/mol. The molecule has 1 rings (SSSR count). The molecule has 0 bridgehead atoms. The highest BCUT2D eigenvalue weighted by atomic mass is 28.5. The Morgan fingerprint density at radius 3 is 1.95 bits per heavy atom. The van der Waals surface area contributed by atoms with Gasteiger partial charge in [-0.3, -0.25) is 26.1 Å². The van der Waals surface area contributed by atoms with Crippen LogP contribution in [0.25, 0.3) is 0 Å². The Labute approximate surface area is 111 Å². The van der Waals surface area contributed by atoms with E-state index in [4.69, 9.17) is 53.2 Å². The Hall–Kier alpha value is -1.43. The van der Waals surface area contributed by atoms with Gasteiger partial charge in [-0.15, -0.1) is 0 Å². The summed E-state index contributed by atoms with van der Waals surface area (Å²) >= 11 is 0. The summed E-state index contributed by atoms with van der Waals surface area (Å²) < 4.78 is 14.5. The van der Waals surface area contributed by atoms with E-state index in [9.17, 15) is 0 Å². The molecule has 0 saturated carbocycles. The first kappa shape index (κ1) is 15.6. The van der Waals surface area contributed by atoms with Crippen LogP contribution in [0, 0.1) is 0 Å². The highest BCUT2D eigenvalue weighted by Crippen LogP contribution is 2.32. The zero-order valence-corrected chi connectivity index (χ0v) is 12.0. The van der Waals surface area contributed by atoms with Crippen molar-refractivity contribution in [3.8, 4) is 5.75 Å². The molecule has 0 atom stereocenters. The van der Waals surface area contributed by atoms with Crippen LogP contribution in [0.1, 0.15) is 0 Å². The second kappa shape index (κ2) is 5.29. The van der Waals surface area contributed by atoms with Gasteiger partial charge in [0.25, 0.3) is 0 Å². The highest BCUT2D eigenvalue weighted by molar-refractivity contribution is 6.75. The molecule has 0 aliphatic heterocycles. The molecule has 0 radical (unpaired) electrons. The topological polar surface area (TPSA) is 236 Å². The smallest absolute Gasteiger partial charge is 0.497 e. The summed E-state index contributed by atoms with van der Waals surface area (Å²) in [5.74, 6) is 4.96. The van der Waals surface area contributed by atoms with Crippen LogP contribution in [-0.2, 0) is 8.64 Å². The van der Waals surface area contributed by atoms with Gasteiger partial charge in [-0.2, -0.15) is 0 Å². The predicted octanol–water partition coefficient (Wildman–Crippen LogP) is -3.58. The van der Waals surface area contributed by atoms with Crippen molar-refractivity contribution in [3.63, 3.8) is 0 Å². The van der Waals surface area contributed by atoms with Gasteiger partial charge in [-0.1, -0.05) is 0 Å². The van der Waals surface area contributed by atoms with Crippen molar-refractivity contribution in [3.05, 3.63) is 12.1 Å². The van der Waals surface area contributed by atoms with E-state index in [1.54, 1.807) is 0 Å². The quantitative estimate of drug-likeness (QED) is 0.150. The summed E-state index contributed by atoms with van der Waals surface area (Å²) in [5, 5.41) is 22.1. The summed E-state index contributed by atoms with van der Waals surface area (Å²) in [6.07, 6.45) is 0.